The maximum absolute atomic E-state index is 14.9. The number of rotatable bonds is 11. The summed E-state index contributed by atoms with van der Waals surface area (Å²) < 4.78 is 51.4. The summed E-state index contributed by atoms with van der Waals surface area (Å²) >= 11 is 0. The van der Waals surface area contributed by atoms with E-state index in [1.54, 1.807) is 10.9 Å². The summed E-state index contributed by atoms with van der Waals surface area (Å²) in [6.07, 6.45) is 4.77. The van der Waals surface area contributed by atoms with Crippen LogP contribution >= 0.6 is 0 Å². The molecule has 3 unspecified atom stereocenters. The number of ether oxygens (including phenoxy) is 3. The predicted octanol–water partition coefficient (Wildman–Crippen LogP) is 4.55. The Morgan fingerprint density at radius 2 is 1.59 bits per heavy atom. The van der Waals surface area contributed by atoms with Crippen LogP contribution in [0.5, 0.6) is 5.75 Å². The number of aromatic nitrogens is 6. The Morgan fingerprint density at radius 3 is 2.22 bits per heavy atom. The maximum Gasteiger partial charge on any atom is 0.350 e. The van der Waals surface area contributed by atoms with Crippen LogP contribution in [0.4, 0.5) is 20.2 Å². The zero-order chi connectivity index (χ0) is 34.0. The van der Waals surface area contributed by atoms with Crippen molar-refractivity contribution in [2.45, 2.75) is 44.7 Å². The molecule has 14 heteroatoms. The molecular formula is C35H38F2N8O4. The van der Waals surface area contributed by atoms with Gasteiger partial charge in [0.15, 0.2) is 0 Å². The summed E-state index contributed by atoms with van der Waals surface area (Å²) in [4.78, 5) is 21.4. The molecule has 5 aromatic rings. The van der Waals surface area contributed by atoms with E-state index in [0.29, 0.717) is 5.75 Å². The van der Waals surface area contributed by atoms with Crippen molar-refractivity contribution in [3.63, 3.8) is 0 Å². The zero-order valence-electron chi connectivity index (χ0n) is 27.4. The summed E-state index contributed by atoms with van der Waals surface area (Å²) in [5, 5.41) is 8.39. The van der Waals surface area contributed by atoms with E-state index >= 15 is 0 Å². The van der Waals surface area contributed by atoms with Gasteiger partial charge in [-0.25, -0.2) is 32.5 Å². The van der Waals surface area contributed by atoms with E-state index in [1.165, 1.54) is 34.2 Å². The van der Waals surface area contributed by atoms with Crippen LogP contribution in [0.1, 0.15) is 31.9 Å². The molecule has 2 aromatic heterocycles. The first-order valence-corrected chi connectivity index (χ1v) is 16.4. The SMILES string of the molecule is CCC(C)n1ncn(-c2ccc(N3CCN(c4ccc(OCC5COC(Cn6cncn6)(c6ccc(F)cc6F)O5)cc4)CC3)cc2)c1=O. The minimum absolute atomic E-state index is 0.0334. The van der Waals surface area contributed by atoms with Crippen LogP contribution in [-0.4, -0.2) is 74.6 Å². The first-order chi connectivity index (χ1) is 23.8. The van der Waals surface area contributed by atoms with Crippen molar-refractivity contribution in [2.24, 2.45) is 0 Å². The summed E-state index contributed by atoms with van der Waals surface area (Å²) in [5.74, 6) is -2.30. The Hall–Kier alpha value is -5.08. The zero-order valence-corrected chi connectivity index (χ0v) is 27.4. The van der Waals surface area contributed by atoms with E-state index < -0.39 is 23.5 Å². The topological polar surface area (TPSA) is 105 Å². The Morgan fingerprint density at radius 1 is 0.918 bits per heavy atom. The molecule has 0 N–H and O–H groups in total. The fraction of sp³-hybridized carbons (Fsp3) is 0.371. The van der Waals surface area contributed by atoms with Crippen LogP contribution in [0.3, 0.4) is 0 Å². The van der Waals surface area contributed by atoms with E-state index in [-0.39, 0.29) is 37.1 Å². The third-order valence-electron chi connectivity index (χ3n) is 9.15. The van der Waals surface area contributed by atoms with Gasteiger partial charge in [0.1, 0.15) is 55.6 Å². The summed E-state index contributed by atoms with van der Waals surface area (Å²) in [6, 6.07) is 19.3. The van der Waals surface area contributed by atoms with Gasteiger partial charge >= 0.3 is 5.69 Å². The molecule has 0 spiro atoms. The number of benzene rings is 3. The predicted molar refractivity (Wildman–Crippen MR) is 178 cm³/mol. The van der Waals surface area contributed by atoms with Gasteiger partial charge in [0.2, 0.25) is 5.79 Å². The summed E-state index contributed by atoms with van der Waals surface area (Å²) in [7, 11) is 0. The van der Waals surface area contributed by atoms with E-state index in [4.69, 9.17) is 14.2 Å². The first kappa shape index (κ1) is 32.5. The molecule has 4 heterocycles. The molecule has 0 saturated carbocycles. The Kier molecular flexibility index (Phi) is 9.15. The number of hydrogen-bond acceptors (Lipinski definition) is 9. The third-order valence-corrected chi connectivity index (χ3v) is 9.15. The molecule has 2 saturated heterocycles. The second-order valence-corrected chi connectivity index (χ2v) is 12.3. The molecule has 7 rings (SSSR count). The van der Waals surface area contributed by atoms with Crippen molar-refractivity contribution >= 4 is 11.4 Å². The summed E-state index contributed by atoms with van der Waals surface area (Å²) in [5.41, 5.74) is 2.95. The van der Waals surface area contributed by atoms with E-state index in [0.717, 1.165) is 55.7 Å². The summed E-state index contributed by atoms with van der Waals surface area (Å²) in [6.45, 7) is 7.80. The van der Waals surface area contributed by atoms with Gasteiger partial charge in [-0.05, 0) is 74.0 Å². The second-order valence-electron chi connectivity index (χ2n) is 12.3. The molecular weight excluding hydrogens is 634 g/mol. The van der Waals surface area contributed by atoms with Gasteiger partial charge in [-0.15, -0.1) is 0 Å². The standard InChI is InChI=1S/C35H38F2N8O4/c1-3-25(2)45-34(46)44(24-40-45)29-7-5-27(6-8-29)41-14-16-42(17-15-41)28-9-11-30(12-10-28)47-19-31-20-48-35(49-31,21-43-23-38-22-39-43)32-13-4-26(36)18-33(32)37/h4-13,18,22-25,31H,3,14-17,19-21H2,1-2H3. The van der Waals surface area contributed by atoms with Gasteiger partial charge in [-0.2, -0.15) is 10.2 Å². The second kappa shape index (κ2) is 13.8. The molecule has 2 aliphatic heterocycles. The normalized spacial score (nSPS) is 20.1. The molecule has 0 aliphatic carbocycles. The fourth-order valence-electron chi connectivity index (χ4n) is 6.24. The Labute approximate surface area is 282 Å². The van der Waals surface area contributed by atoms with Gasteiger partial charge in [0.05, 0.1) is 18.3 Å². The molecule has 2 aliphatic rings. The molecule has 12 nitrogen and oxygen atoms in total. The van der Waals surface area contributed by atoms with E-state index in [1.807, 2.05) is 50.2 Å². The van der Waals surface area contributed by atoms with Crippen LogP contribution in [0.15, 0.2) is 90.5 Å². The van der Waals surface area contributed by atoms with Crippen molar-refractivity contribution in [3.05, 3.63) is 113 Å². The molecule has 2 fully saturated rings. The number of anilines is 2. The smallest absolute Gasteiger partial charge is 0.350 e. The lowest BCUT2D eigenvalue weighted by molar-refractivity contribution is -0.192. The lowest BCUT2D eigenvalue weighted by Crippen LogP contribution is -2.46. The highest BCUT2D eigenvalue weighted by Crippen LogP contribution is 2.38. The average Bonchev–Trinajstić information content (AvgIpc) is 3.88. The molecule has 0 amide bonds. The molecule has 256 valence electrons. The largest absolute Gasteiger partial charge is 0.491 e. The average molecular weight is 673 g/mol. The minimum atomic E-state index is -1.51. The van der Waals surface area contributed by atoms with Crippen LogP contribution in [0, 0.1) is 11.6 Å². The molecule has 3 atom stereocenters. The van der Waals surface area contributed by atoms with E-state index in [2.05, 4.69) is 37.1 Å². The minimum Gasteiger partial charge on any atom is -0.491 e. The number of hydrogen-bond donors (Lipinski definition) is 0. The molecule has 0 radical (unpaired) electrons. The van der Waals surface area contributed by atoms with Crippen LogP contribution in [0.25, 0.3) is 5.69 Å². The maximum atomic E-state index is 14.9. The van der Waals surface area contributed by atoms with Crippen molar-refractivity contribution in [2.75, 3.05) is 49.2 Å². The lowest BCUT2D eigenvalue weighted by Gasteiger charge is -2.37. The third kappa shape index (κ3) is 6.78. The van der Waals surface area contributed by atoms with Gasteiger partial charge in [0, 0.05) is 49.2 Å². The fourth-order valence-corrected chi connectivity index (χ4v) is 6.24. The van der Waals surface area contributed by atoms with Crippen molar-refractivity contribution in [1.82, 2.24) is 29.1 Å². The van der Waals surface area contributed by atoms with Gasteiger partial charge < -0.3 is 24.0 Å². The number of halogens is 2. The molecule has 3 aromatic carbocycles. The van der Waals surface area contributed by atoms with Gasteiger partial charge in [0.25, 0.3) is 0 Å². The van der Waals surface area contributed by atoms with Crippen LogP contribution in [-0.2, 0) is 21.8 Å². The Bertz CT molecular complexity index is 1910. The molecule has 49 heavy (non-hydrogen) atoms. The quantitative estimate of drug-likeness (QED) is 0.200. The van der Waals surface area contributed by atoms with Crippen molar-refractivity contribution in [3.8, 4) is 11.4 Å². The van der Waals surface area contributed by atoms with Gasteiger partial charge in [-0.1, -0.05) is 6.92 Å². The highest BCUT2D eigenvalue weighted by molar-refractivity contribution is 5.54. The van der Waals surface area contributed by atoms with Crippen molar-refractivity contribution in [1.29, 1.82) is 0 Å². The number of nitrogens with zero attached hydrogens (tertiary/aromatic N) is 8. The van der Waals surface area contributed by atoms with E-state index in [9.17, 15) is 13.6 Å². The lowest BCUT2D eigenvalue weighted by atomic mass is 10.0. The monoisotopic (exact) mass is 672 g/mol. The highest BCUT2D eigenvalue weighted by Gasteiger charge is 2.46. The van der Waals surface area contributed by atoms with Crippen LogP contribution in [0.2, 0.25) is 0 Å². The Balaban J connectivity index is 0.925. The highest BCUT2D eigenvalue weighted by atomic mass is 19.1. The number of piperazine rings is 1. The molecule has 0 bridgehead atoms. The first-order valence-electron chi connectivity index (χ1n) is 16.4. The van der Waals surface area contributed by atoms with Crippen molar-refractivity contribution < 1.29 is 23.0 Å². The van der Waals surface area contributed by atoms with Crippen LogP contribution < -0.4 is 20.2 Å². The van der Waals surface area contributed by atoms with Gasteiger partial charge in [-0.3, -0.25) is 0 Å².